The van der Waals surface area contributed by atoms with Gasteiger partial charge < -0.3 is 9.67 Å². The van der Waals surface area contributed by atoms with E-state index in [-0.39, 0.29) is 17.8 Å². The lowest BCUT2D eigenvalue weighted by molar-refractivity contribution is -0.385. The second-order valence-corrected chi connectivity index (χ2v) is 7.87. The SMILES string of the molecule is CCCCc1ncc(/C(C)=C(\C(=O)O)c2cccs2)n1Cc1ccccc1[N+](=O)[O-]. The summed E-state index contributed by atoms with van der Waals surface area (Å²) in [6.07, 6.45) is 4.29. The van der Waals surface area contributed by atoms with Gasteiger partial charge in [-0.3, -0.25) is 10.1 Å². The van der Waals surface area contributed by atoms with Crippen LogP contribution >= 0.6 is 11.3 Å². The molecule has 0 amide bonds. The van der Waals surface area contributed by atoms with Gasteiger partial charge in [0.15, 0.2) is 0 Å². The maximum atomic E-state index is 12.0. The Balaban J connectivity index is 2.15. The zero-order chi connectivity index (χ0) is 21.7. The van der Waals surface area contributed by atoms with Gasteiger partial charge in [0.05, 0.1) is 28.9 Å². The average Bonchev–Trinajstić information content (AvgIpc) is 3.37. The molecule has 0 atom stereocenters. The van der Waals surface area contributed by atoms with Gasteiger partial charge in [0.1, 0.15) is 5.82 Å². The summed E-state index contributed by atoms with van der Waals surface area (Å²) in [4.78, 5) is 28.3. The summed E-state index contributed by atoms with van der Waals surface area (Å²) in [6, 6.07) is 10.2. The van der Waals surface area contributed by atoms with Crippen molar-refractivity contribution in [1.29, 1.82) is 0 Å². The van der Waals surface area contributed by atoms with Crippen molar-refractivity contribution < 1.29 is 14.8 Å². The molecule has 0 spiro atoms. The Morgan fingerprint density at radius 2 is 2.03 bits per heavy atom. The fourth-order valence-electron chi connectivity index (χ4n) is 3.42. The molecule has 3 aromatic rings. The molecular weight excluding hydrogens is 402 g/mol. The highest BCUT2D eigenvalue weighted by molar-refractivity contribution is 7.11. The number of nitro groups is 1. The molecule has 1 aromatic carbocycles. The normalized spacial score (nSPS) is 11.9. The first-order chi connectivity index (χ1) is 14.4. The van der Waals surface area contributed by atoms with Crippen molar-refractivity contribution in [2.75, 3.05) is 0 Å². The van der Waals surface area contributed by atoms with Crippen molar-refractivity contribution in [2.24, 2.45) is 0 Å². The van der Waals surface area contributed by atoms with Gasteiger partial charge in [0, 0.05) is 22.9 Å². The summed E-state index contributed by atoms with van der Waals surface area (Å²) in [6.45, 7) is 4.10. The quantitative estimate of drug-likeness (QED) is 0.286. The van der Waals surface area contributed by atoms with Crippen molar-refractivity contribution in [2.45, 2.75) is 39.7 Å². The molecule has 1 N–H and O–H groups in total. The molecule has 0 aliphatic heterocycles. The summed E-state index contributed by atoms with van der Waals surface area (Å²) in [5.41, 5.74) is 2.05. The number of carbonyl (C=O) groups is 1. The van der Waals surface area contributed by atoms with E-state index in [2.05, 4.69) is 11.9 Å². The minimum Gasteiger partial charge on any atom is -0.478 e. The van der Waals surface area contributed by atoms with E-state index in [1.54, 1.807) is 37.4 Å². The fraction of sp³-hybridized carbons (Fsp3) is 0.273. The third kappa shape index (κ3) is 4.49. The van der Waals surface area contributed by atoms with Crippen LogP contribution in [-0.2, 0) is 17.8 Å². The minimum absolute atomic E-state index is 0.0388. The summed E-state index contributed by atoms with van der Waals surface area (Å²) < 4.78 is 1.91. The second kappa shape index (κ2) is 9.49. The highest BCUT2D eigenvalue weighted by Crippen LogP contribution is 2.31. The van der Waals surface area contributed by atoms with Crippen LogP contribution in [0, 0.1) is 10.1 Å². The number of carboxylic acids is 1. The Labute approximate surface area is 178 Å². The van der Waals surface area contributed by atoms with Crippen molar-refractivity contribution in [1.82, 2.24) is 9.55 Å². The smallest absolute Gasteiger partial charge is 0.337 e. The molecule has 0 saturated heterocycles. The van der Waals surface area contributed by atoms with Crippen LogP contribution in [0.3, 0.4) is 0 Å². The molecular formula is C22H23N3O4S. The van der Waals surface area contributed by atoms with Gasteiger partial charge in [0.25, 0.3) is 5.69 Å². The number of aryl methyl sites for hydroxylation is 1. The van der Waals surface area contributed by atoms with Gasteiger partial charge in [-0.05, 0) is 30.4 Å². The second-order valence-electron chi connectivity index (χ2n) is 6.92. The van der Waals surface area contributed by atoms with Crippen LogP contribution in [0.25, 0.3) is 11.1 Å². The Kier molecular flexibility index (Phi) is 6.79. The lowest BCUT2D eigenvalue weighted by atomic mass is 10.0. The number of hydrogen-bond acceptors (Lipinski definition) is 5. The van der Waals surface area contributed by atoms with E-state index < -0.39 is 10.9 Å². The predicted molar refractivity (Wildman–Crippen MR) is 117 cm³/mol. The number of thiophene rings is 1. The van der Waals surface area contributed by atoms with Crippen LogP contribution in [0.4, 0.5) is 5.69 Å². The Morgan fingerprint density at radius 1 is 1.27 bits per heavy atom. The Bertz CT molecular complexity index is 1080. The maximum absolute atomic E-state index is 12.0. The van der Waals surface area contributed by atoms with Crippen molar-refractivity contribution in [3.8, 4) is 0 Å². The summed E-state index contributed by atoms with van der Waals surface area (Å²) >= 11 is 1.36. The van der Waals surface area contributed by atoms with E-state index in [0.29, 0.717) is 28.1 Å². The number of nitrogens with zero attached hydrogens (tertiary/aromatic N) is 3. The first kappa shape index (κ1) is 21.4. The first-order valence-corrected chi connectivity index (χ1v) is 10.6. The Morgan fingerprint density at radius 3 is 2.67 bits per heavy atom. The zero-order valence-electron chi connectivity index (χ0n) is 16.9. The van der Waals surface area contributed by atoms with Crippen molar-refractivity contribution >= 4 is 34.1 Å². The number of nitro benzene ring substituents is 1. The number of carboxylic acid groups (broad SMARTS) is 1. The molecule has 30 heavy (non-hydrogen) atoms. The molecule has 0 aliphatic rings. The predicted octanol–water partition coefficient (Wildman–Crippen LogP) is 5.26. The number of allylic oxidation sites excluding steroid dienone is 1. The van der Waals surface area contributed by atoms with Crippen LogP contribution in [0.5, 0.6) is 0 Å². The number of imidazole rings is 1. The molecule has 156 valence electrons. The molecule has 0 bridgehead atoms. The molecule has 0 aliphatic carbocycles. The largest absolute Gasteiger partial charge is 0.478 e. The Hall–Kier alpha value is -3.26. The molecule has 8 heteroatoms. The monoisotopic (exact) mass is 425 g/mol. The zero-order valence-corrected chi connectivity index (χ0v) is 17.7. The number of aliphatic carboxylic acids is 1. The van der Waals surface area contributed by atoms with Crippen molar-refractivity contribution in [3.05, 3.63) is 80.0 Å². The van der Waals surface area contributed by atoms with Crippen molar-refractivity contribution in [3.63, 3.8) is 0 Å². The van der Waals surface area contributed by atoms with Crippen LogP contribution < -0.4 is 0 Å². The van der Waals surface area contributed by atoms with Gasteiger partial charge >= 0.3 is 5.97 Å². The number of hydrogen-bond donors (Lipinski definition) is 1. The van der Waals surface area contributed by atoms with E-state index in [1.807, 2.05) is 16.0 Å². The molecule has 0 saturated carbocycles. The van der Waals surface area contributed by atoms with Gasteiger partial charge in [-0.1, -0.05) is 37.6 Å². The first-order valence-electron chi connectivity index (χ1n) is 9.69. The number of aromatic nitrogens is 2. The van der Waals surface area contributed by atoms with Crippen LogP contribution in [-0.4, -0.2) is 25.6 Å². The number of unbranched alkanes of at least 4 members (excludes halogenated alkanes) is 1. The van der Waals surface area contributed by atoms with Crippen LogP contribution in [0.2, 0.25) is 0 Å². The van der Waals surface area contributed by atoms with E-state index >= 15 is 0 Å². The van der Waals surface area contributed by atoms with Gasteiger partial charge in [-0.25, -0.2) is 9.78 Å². The maximum Gasteiger partial charge on any atom is 0.337 e. The number of para-hydroxylation sites is 1. The minimum atomic E-state index is -1.01. The number of rotatable bonds is 9. The summed E-state index contributed by atoms with van der Waals surface area (Å²) in [7, 11) is 0. The topological polar surface area (TPSA) is 98.3 Å². The van der Waals surface area contributed by atoms with Gasteiger partial charge in [-0.2, -0.15) is 0 Å². The molecule has 2 heterocycles. The number of benzene rings is 1. The third-order valence-corrected chi connectivity index (χ3v) is 5.84. The molecule has 7 nitrogen and oxygen atoms in total. The van der Waals surface area contributed by atoms with E-state index in [1.165, 1.54) is 17.4 Å². The summed E-state index contributed by atoms with van der Waals surface area (Å²) in [5, 5.41) is 23.2. The lowest BCUT2D eigenvalue weighted by Gasteiger charge is -2.14. The van der Waals surface area contributed by atoms with E-state index in [0.717, 1.165) is 18.7 Å². The highest BCUT2D eigenvalue weighted by Gasteiger charge is 2.22. The lowest BCUT2D eigenvalue weighted by Crippen LogP contribution is -2.11. The highest BCUT2D eigenvalue weighted by atomic mass is 32.1. The molecule has 2 aromatic heterocycles. The summed E-state index contributed by atoms with van der Waals surface area (Å²) in [5.74, 6) is -0.219. The molecule has 3 rings (SSSR count). The fourth-order valence-corrected chi connectivity index (χ4v) is 4.24. The molecule has 0 unspecified atom stereocenters. The van der Waals surface area contributed by atoms with Crippen LogP contribution in [0.15, 0.2) is 48.0 Å². The van der Waals surface area contributed by atoms with Gasteiger partial charge in [0.2, 0.25) is 0 Å². The average molecular weight is 426 g/mol. The van der Waals surface area contributed by atoms with E-state index in [4.69, 9.17) is 0 Å². The third-order valence-electron chi connectivity index (χ3n) is 4.95. The molecule has 0 fully saturated rings. The van der Waals surface area contributed by atoms with Gasteiger partial charge in [-0.15, -0.1) is 11.3 Å². The molecule has 0 radical (unpaired) electrons. The van der Waals surface area contributed by atoms with E-state index in [9.17, 15) is 20.0 Å². The van der Waals surface area contributed by atoms with Crippen LogP contribution in [0.1, 0.15) is 48.6 Å². The standard InChI is InChI=1S/C22H23N3O4S/c1-3-4-11-20-23-13-18(15(2)21(22(26)27)19-10-7-12-30-19)24(20)14-16-8-5-6-9-17(16)25(28)29/h5-10,12-13H,3-4,11,14H2,1-2H3,(H,26,27)/b21-15-.